The third-order valence-electron chi connectivity index (χ3n) is 3.83. The van der Waals surface area contributed by atoms with Gasteiger partial charge in [-0.25, -0.2) is 4.79 Å². The summed E-state index contributed by atoms with van der Waals surface area (Å²) in [5.74, 6) is 0. The molecule has 2 N–H and O–H groups in total. The lowest BCUT2D eigenvalue weighted by Crippen LogP contribution is -2.44. The van der Waals surface area contributed by atoms with E-state index < -0.39 is 35.3 Å². The molecule has 1 aromatic rings. The average Bonchev–Trinajstić information content (AvgIpc) is 2.91. The van der Waals surface area contributed by atoms with Gasteiger partial charge in [-0.2, -0.15) is 0 Å². The second-order valence-corrected chi connectivity index (χ2v) is 5.16. The maximum absolute atomic E-state index is 11.9. The second kappa shape index (κ2) is 4.71. The van der Waals surface area contributed by atoms with Gasteiger partial charge >= 0.3 is 5.69 Å². The van der Waals surface area contributed by atoms with Crippen LogP contribution in [0.2, 0.25) is 0 Å². The smallest absolute Gasteiger partial charge is 0.330 e. The number of hydrogen-bond donors (Lipinski definition) is 2. The average molecular weight is 295 g/mol. The Morgan fingerprint density at radius 1 is 1.67 bits per heavy atom. The molecule has 1 aromatic heterocycles. The van der Waals surface area contributed by atoms with Crippen LogP contribution in [0.25, 0.3) is 10.4 Å². The van der Waals surface area contributed by atoms with Gasteiger partial charge < -0.3 is 14.6 Å². The lowest BCUT2D eigenvalue weighted by molar-refractivity contribution is -0.170. The van der Waals surface area contributed by atoms with Crippen molar-refractivity contribution in [3.8, 4) is 0 Å². The summed E-state index contributed by atoms with van der Waals surface area (Å²) < 4.78 is 12.3. The van der Waals surface area contributed by atoms with Crippen molar-refractivity contribution in [1.82, 2.24) is 9.55 Å². The van der Waals surface area contributed by atoms with E-state index >= 15 is 0 Å². The minimum Gasteiger partial charge on any atom is -0.387 e. The molecule has 0 radical (unpaired) electrons. The largest absolute Gasteiger partial charge is 0.387 e. The van der Waals surface area contributed by atoms with Crippen molar-refractivity contribution < 1.29 is 14.6 Å². The normalized spacial score (nSPS) is 33.9. The molecule has 21 heavy (non-hydrogen) atoms. The monoisotopic (exact) mass is 295 g/mol. The summed E-state index contributed by atoms with van der Waals surface area (Å²) >= 11 is 0. The predicted molar refractivity (Wildman–Crippen MR) is 68.7 cm³/mol. The van der Waals surface area contributed by atoms with Crippen LogP contribution in [-0.2, 0) is 9.47 Å². The van der Waals surface area contributed by atoms with E-state index in [9.17, 15) is 14.7 Å². The van der Waals surface area contributed by atoms with E-state index in [1.54, 1.807) is 6.92 Å². The Morgan fingerprint density at radius 3 is 3.14 bits per heavy atom. The Morgan fingerprint density at radius 2 is 2.43 bits per heavy atom. The Hall–Kier alpha value is -2.13. The molecule has 2 saturated heterocycles. The number of aliphatic hydroxyl groups excluding tert-OH is 1. The van der Waals surface area contributed by atoms with Crippen LogP contribution in [0.1, 0.15) is 11.8 Å². The Bertz CT molecular complexity index is 735. The number of aryl methyl sites for hydroxylation is 1. The van der Waals surface area contributed by atoms with Crippen LogP contribution in [0.15, 0.2) is 20.9 Å². The molecular formula is C11H13N5O5. The van der Waals surface area contributed by atoms with Gasteiger partial charge in [-0.15, -0.1) is 0 Å². The first-order valence-electron chi connectivity index (χ1n) is 6.29. The van der Waals surface area contributed by atoms with E-state index in [2.05, 4.69) is 15.0 Å². The molecule has 3 rings (SSSR count). The van der Waals surface area contributed by atoms with Crippen LogP contribution in [0, 0.1) is 6.92 Å². The highest BCUT2D eigenvalue weighted by Crippen LogP contribution is 2.44. The molecule has 2 aliphatic rings. The molecule has 3 heterocycles. The first-order valence-corrected chi connectivity index (χ1v) is 6.29. The fourth-order valence-corrected chi connectivity index (χ4v) is 2.68. The molecule has 10 heteroatoms. The number of nitrogens with one attached hydrogen (secondary N) is 1. The van der Waals surface area contributed by atoms with Gasteiger partial charge in [-0.3, -0.25) is 14.3 Å². The highest BCUT2D eigenvalue weighted by atomic mass is 16.6. The van der Waals surface area contributed by atoms with Crippen molar-refractivity contribution in [2.75, 3.05) is 13.2 Å². The standard InChI is InChI=1S/C11H13N5O5/c1-5-2-16(10(19)14-8(5)18)9-6-7(17)11(21-9,4-20-6)3-13-15-12/h2,6-7,9,17H,3-4H2,1H3,(H,14,18,19)/t6-,7?,9+,11-/m0/s1. The molecule has 2 bridgehead atoms. The molecule has 10 nitrogen and oxygen atoms in total. The minimum atomic E-state index is -1.16. The van der Waals surface area contributed by atoms with Crippen LogP contribution in [0.5, 0.6) is 0 Å². The van der Waals surface area contributed by atoms with Crippen LogP contribution < -0.4 is 11.2 Å². The number of rotatable bonds is 3. The van der Waals surface area contributed by atoms with E-state index in [1.807, 2.05) is 0 Å². The lowest BCUT2D eigenvalue weighted by Gasteiger charge is -2.30. The zero-order valence-corrected chi connectivity index (χ0v) is 11.1. The number of H-pyrrole nitrogens is 1. The maximum atomic E-state index is 11.9. The third-order valence-corrected chi connectivity index (χ3v) is 3.83. The van der Waals surface area contributed by atoms with Crippen molar-refractivity contribution in [1.29, 1.82) is 0 Å². The van der Waals surface area contributed by atoms with Gasteiger partial charge in [0.15, 0.2) is 6.23 Å². The van der Waals surface area contributed by atoms with Crippen LogP contribution >= 0.6 is 0 Å². The number of nitrogens with zero attached hydrogens (tertiary/aromatic N) is 4. The third kappa shape index (κ3) is 1.96. The van der Waals surface area contributed by atoms with E-state index in [-0.39, 0.29) is 13.2 Å². The lowest BCUT2D eigenvalue weighted by atomic mass is 10.00. The summed E-state index contributed by atoms with van der Waals surface area (Å²) in [5, 5.41) is 13.7. The van der Waals surface area contributed by atoms with Gasteiger partial charge in [0.25, 0.3) is 5.56 Å². The fourth-order valence-electron chi connectivity index (χ4n) is 2.68. The van der Waals surface area contributed by atoms with E-state index in [1.165, 1.54) is 10.8 Å². The van der Waals surface area contributed by atoms with E-state index in [0.29, 0.717) is 5.56 Å². The Kier molecular flexibility index (Phi) is 3.10. The van der Waals surface area contributed by atoms with Gasteiger partial charge in [-0.05, 0) is 12.5 Å². The summed E-state index contributed by atoms with van der Waals surface area (Å²) in [6.07, 6.45) is -1.32. The molecule has 0 saturated carbocycles. The molecule has 4 atom stereocenters. The van der Waals surface area contributed by atoms with Crippen molar-refractivity contribution in [3.63, 3.8) is 0 Å². The summed E-state index contributed by atoms with van der Waals surface area (Å²) in [4.78, 5) is 28.1. The molecule has 2 aliphatic heterocycles. The number of ether oxygens (including phenoxy) is 2. The Balaban J connectivity index is 2.00. The SMILES string of the molecule is Cc1cn([C@@H]2O[C@@]3(CN=[N+]=[N-])CO[C@H]2C3O)c(=O)[nH]c1=O. The molecule has 112 valence electrons. The van der Waals surface area contributed by atoms with Crippen LogP contribution in [-0.4, -0.2) is 45.6 Å². The second-order valence-electron chi connectivity index (χ2n) is 5.16. The molecule has 1 unspecified atom stereocenters. The van der Waals surface area contributed by atoms with Crippen molar-refractivity contribution >= 4 is 0 Å². The van der Waals surface area contributed by atoms with Gasteiger partial charge in [0.2, 0.25) is 0 Å². The number of aromatic amines is 1. The van der Waals surface area contributed by atoms with Gasteiger partial charge in [-0.1, -0.05) is 5.11 Å². The number of aromatic nitrogens is 2. The Labute approximate surface area is 117 Å². The number of fused-ring (bicyclic) bond motifs is 2. The molecule has 0 spiro atoms. The topological polar surface area (TPSA) is 142 Å². The predicted octanol–water partition coefficient (Wildman–Crippen LogP) is -0.817. The molecule has 0 aromatic carbocycles. The van der Waals surface area contributed by atoms with Crippen LogP contribution in [0.4, 0.5) is 0 Å². The number of hydrogen-bond acceptors (Lipinski definition) is 6. The highest BCUT2D eigenvalue weighted by Gasteiger charge is 2.61. The first-order chi connectivity index (χ1) is 9.98. The maximum Gasteiger partial charge on any atom is 0.330 e. The van der Waals surface area contributed by atoms with Gasteiger partial charge in [0, 0.05) is 16.7 Å². The summed E-state index contributed by atoms with van der Waals surface area (Å²) in [6.45, 7) is 1.52. The molecule has 2 fully saturated rings. The number of azide groups is 1. The van der Waals surface area contributed by atoms with Crippen molar-refractivity contribution in [3.05, 3.63) is 43.0 Å². The molecule has 0 amide bonds. The summed E-state index contributed by atoms with van der Waals surface area (Å²) in [5.41, 5.74) is 6.45. The number of aliphatic hydroxyl groups is 1. The zero-order chi connectivity index (χ0) is 15.2. The van der Waals surface area contributed by atoms with Crippen molar-refractivity contribution in [2.45, 2.75) is 31.0 Å². The summed E-state index contributed by atoms with van der Waals surface area (Å²) in [7, 11) is 0. The molecular weight excluding hydrogens is 282 g/mol. The summed E-state index contributed by atoms with van der Waals surface area (Å²) in [6, 6.07) is 0. The zero-order valence-electron chi connectivity index (χ0n) is 11.1. The van der Waals surface area contributed by atoms with Crippen molar-refractivity contribution in [2.24, 2.45) is 5.11 Å². The fraction of sp³-hybridized carbons (Fsp3) is 0.636. The first kappa shape index (κ1) is 13.8. The molecule has 0 aliphatic carbocycles. The van der Waals surface area contributed by atoms with Gasteiger partial charge in [0.05, 0.1) is 13.2 Å². The van der Waals surface area contributed by atoms with E-state index in [0.717, 1.165) is 0 Å². The van der Waals surface area contributed by atoms with Crippen LogP contribution in [0.3, 0.4) is 0 Å². The van der Waals surface area contributed by atoms with Gasteiger partial charge in [0.1, 0.15) is 17.8 Å². The van der Waals surface area contributed by atoms with E-state index in [4.69, 9.17) is 15.0 Å². The minimum absolute atomic E-state index is 0.0748. The quantitative estimate of drug-likeness (QED) is 0.425. The highest BCUT2D eigenvalue weighted by molar-refractivity contribution is 5.10.